The van der Waals surface area contributed by atoms with Crippen molar-refractivity contribution in [3.05, 3.63) is 71.8 Å². The largest absolute Gasteiger partial charge is 0.467 e. The standard InChI is InChI=1S/C28H38N6O6/c1-18(35)24(26(38)33-22(27(39)40-2)17-20-12-7-4-8-13-20)34-25(37)21(16-19-10-5-3-6-11-19)32-23(36)14-9-15-31-28(29)30/h3-8,10-13,18,21-22,24,35H,9,14-17H2,1-2H3,(H,32,36)(H,33,38)(H,34,37)(H4,29,30,31)/t18-,21-,22-,24-/m0/s1. The highest BCUT2D eigenvalue weighted by Crippen LogP contribution is 2.08. The third kappa shape index (κ3) is 11.1. The van der Waals surface area contributed by atoms with Gasteiger partial charge in [-0.3, -0.25) is 19.4 Å². The monoisotopic (exact) mass is 554 g/mol. The number of nitrogens with zero attached hydrogens (tertiary/aromatic N) is 1. The zero-order valence-electron chi connectivity index (χ0n) is 22.7. The number of hydrogen-bond donors (Lipinski definition) is 6. The maximum atomic E-state index is 13.3. The fourth-order valence-electron chi connectivity index (χ4n) is 3.88. The van der Waals surface area contributed by atoms with Gasteiger partial charge >= 0.3 is 5.97 Å². The molecule has 216 valence electrons. The Morgan fingerprint density at radius 2 is 1.40 bits per heavy atom. The Bertz CT molecular complexity index is 1140. The Hall–Kier alpha value is -4.45. The molecule has 2 aromatic rings. The average Bonchev–Trinajstić information content (AvgIpc) is 2.93. The molecule has 0 saturated carbocycles. The Kier molecular flexibility index (Phi) is 13.1. The van der Waals surface area contributed by atoms with Gasteiger partial charge in [-0.15, -0.1) is 0 Å². The van der Waals surface area contributed by atoms with E-state index in [9.17, 15) is 24.3 Å². The minimum Gasteiger partial charge on any atom is -0.467 e. The minimum absolute atomic E-state index is 0.0654. The molecule has 0 aliphatic heterocycles. The van der Waals surface area contributed by atoms with Crippen molar-refractivity contribution in [1.29, 1.82) is 0 Å². The van der Waals surface area contributed by atoms with Gasteiger partial charge in [0, 0.05) is 25.8 Å². The topological polar surface area (TPSA) is 198 Å². The second-order valence-corrected chi connectivity index (χ2v) is 9.22. The number of guanidine groups is 1. The first-order valence-electron chi connectivity index (χ1n) is 12.9. The molecule has 4 atom stereocenters. The summed E-state index contributed by atoms with van der Waals surface area (Å²) in [5, 5.41) is 18.1. The summed E-state index contributed by atoms with van der Waals surface area (Å²) in [5.41, 5.74) is 12.2. The van der Waals surface area contributed by atoms with E-state index in [1.165, 1.54) is 14.0 Å². The van der Waals surface area contributed by atoms with Crippen LogP contribution in [0.5, 0.6) is 0 Å². The Balaban J connectivity index is 2.15. The molecule has 0 radical (unpaired) electrons. The molecule has 0 bridgehead atoms. The highest BCUT2D eigenvalue weighted by Gasteiger charge is 2.32. The number of rotatable bonds is 15. The number of carbonyl (C=O) groups excluding carboxylic acids is 4. The molecule has 0 heterocycles. The molecule has 0 saturated heterocycles. The third-order valence-corrected chi connectivity index (χ3v) is 5.94. The summed E-state index contributed by atoms with van der Waals surface area (Å²) in [4.78, 5) is 55.3. The second-order valence-electron chi connectivity index (χ2n) is 9.22. The summed E-state index contributed by atoms with van der Waals surface area (Å²) in [6, 6.07) is 14.5. The van der Waals surface area contributed by atoms with Crippen molar-refractivity contribution in [1.82, 2.24) is 16.0 Å². The number of amides is 3. The van der Waals surface area contributed by atoms with E-state index in [2.05, 4.69) is 20.9 Å². The van der Waals surface area contributed by atoms with Gasteiger partial charge in [0.05, 0.1) is 13.2 Å². The number of ether oxygens (including phenoxy) is 1. The molecule has 3 amide bonds. The van der Waals surface area contributed by atoms with E-state index in [1.54, 1.807) is 48.5 Å². The van der Waals surface area contributed by atoms with Crippen molar-refractivity contribution >= 4 is 29.7 Å². The van der Waals surface area contributed by atoms with Gasteiger partial charge in [-0.25, -0.2) is 4.79 Å². The lowest BCUT2D eigenvalue weighted by Crippen LogP contribution is -2.59. The fourth-order valence-corrected chi connectivity index (χ4v) is 3.88. The lowest BCUT2D eigenvalue weighted by Gasteiger charge is -2.26. The van der Waals surface area contributed by atoms with Crippen LogP contribution in [0, 0.1) is 0 Å². The lowest BCUT2D eigenvalue weighted by atomic mass is 10.0. The van der Waals surface area contributed by atoms with Crippen LogP contribution in [0.4, 0.5) is 0 Å². The van der Waals surface area contributed by atoms with Crippen LogP contribution in [-0.4, -0.2) is 72.6 Å². The van der Waals surface area contributed by atoms with Crippen molar-refractivity contribution < 1.29 is 29.0 Å². The molecule has 2 aromatic carbocycles. The highest BCUT2D eigenvalue weighted by molar-refractivity contribution is 5.94. The Morgan fingerprint density at radius 1 is 0.850 bits per heavy atom. The van der Waals surface area contributed by atoms with Crippen LogP contribution in [-0.2, 0) is 36.8 Å². The predicted molar refractivity (Wildman–Crippen MR) is 150 cm³/mol. The van der Waals surface area contributed by atoms with Gasteiger partial charge in [-0.1, -0.05) is 60.7 Å². The molecule has 0 unspecified atom stereocenters. The van der Waals surface area contributed by atoms with Gasteiger partial charge in [-0.2, -0.15) is 0 Å². The van der Waals surface area contributed by atoms with Gasteiger partial charge in [0.15, 0.2) is 5.96 Å². The van der Waals surface area contributed by atoms with Crippen LogP contribution >= 0.6 is 0 Å². The van der Waals surface area contributed by atoms with Crippen molar-refractivity contribution in [2.24, 2.45) is 16.5 Å². The van der Waals surface area contributed by atoms with Gasteiger partial charge in [-0.05, 0) is 24.5 Å². The number of nitrogens with two attached hydrogens (primary N) is 2. The molecular formula is C28H38N6O6. The number of aliphatic hydroxyl groups is 1. The van der Waals surface area contributed by atoms with Crippen LogP contribution in [0.3, 0.4) is 0 Å². The summed E-state index contributed by atoms with van der Waals surface area (Å²) in [6.07, 6.45) is -0.605. The quantitative estimate of drug-likeness (QED) is 0.0735. The van der Waals surface area contributed by atoms with Gasteiger partial charge in [0.1, 0.15) is 18.1 Å². The Labute approximate surface area is 233 Å². The molecule has 8 N–H and O–H groups in total. The second kappa shape index (κ2) is 16.5. The van der Waals surface area contributed by atoms with Gasteiger partial charge in [0.2, 0.25) is 17.7 Å². The molecule has 12 heteroatoms. The SMILES string of the molecule is COC(=O)[C@H](Cc1ccccc1)NC(=O)[C@@H](NC(=O)[C@H](Cc1ccccc1)NC(=O)CCCN=C(N)N)[C@H](C)O. The van der Waals surface area contributed by atoms with Crippen LogP contribution < -0.4 is 27.4 Å². The van der Waals surface area contributed by atoms with E-state index in [4.69, 9.17) is 16.2 Å². The van der Waals surface area contributed by atoms with Crippen molar-refractivity contribution in [3.63, 3.8) is 0 Å². The molecule has 0 fully saturated rings. The average molecular weight is 555 g/mol. The minimum atomic E-state index is -1.41. The van der Waals surface area contributed by atoms with Crippen LogP contribution in [0.1, 0.15) is 30.9 Å². The van der Waals surface area contributed by atoms with E-state index >= 15 is 0 Å². The molecule has 12 nitrogen and oxygen atoms in total. The van der Waals surface area contributed by atoms with Crippen LogP contribution in [0.15, 0.2) is 65.7 Å². The third-order valence-electron chi connectivity index (χ3n) is 5.94. The molecule has 40 heavy (non-hydrogen) atoms. The highest BCUT2D eigenvalue weighted by atomic mass is 16.5. The van der Waals surface area contributed by atoms with E-state index in [0.717, 1.165) is 11.1 Å². The van der Waals surface area contributed by atoms with Crippen molar-refractivity contribution in [2.75, 3.05) is 13.7 Å². The first kappa shape index (κ1) is 31.8. The van der Waals surface area contributed by atoms with Gasteiger partial charge < -0.3 is 37.3 Å². The zero-order chi connectivity index (χ0) is 29.5. The molecule has 2 rings (SSSR count). The first-order chi connectivity index (χ1) is 19.1. The maximum Gasteiger partial charge on any atom is 0.328 e. The number of nitrogens with one attached hydrogen (secondary N) is 3. The summed E-state index contributed by atoms with van der Waals surface area (Å²) in [7, 11) is 1.20. The van der Waals surface area contributed by atoms with E-state index in [-0.39, 0.29) is 31.8 Å². The summed E-state index contributed by atoms with van der Waals surface area (Å²) >= 11 is 0. The molecule has 0 aliphatic carbocycles. The molecule has 0 aromatic heterocycles. The number of esters is 1. The molecular weight excluding hydrogens is 516 g/mol. The first-order valence-corrected chi connectivity index (χ1v) is 12.9. The van der Waals surface area contributed by atoms with E-state index < -0.39 is 47.9 Å². The molecule has 0 aliphatic rings. The van der Waals surface area contributed by atoms with Crippen molar-refractivity contribution in [3.8, 4) is 0 Å². The Morgan fingerprint density at radius 3 is 1.90 bits per heavy atom. The van der Waals surface area contributed by atoms with Crippen molar-refractivity contribution in [2.45, 2.75) is 56.8 Å². The molecule has 0 spiro atoms. The number of carbonyl (C=O) groups is 4. The number of aliphatic hydroxyl groups excluding tert-OH is 1. The number of aliphatic imine (C=N–C) groups is 1. The fraction of sp³-hybridized carbons (Fsp3) is 0.393. The number of hydrogen-bond acceptors (Lipinski definition) is 7. The normalized spacial score (nSPS) is 13.6. The van der Waals surface area contributed by atoms with E-state index in [1.807, 2.05) is 12.1 Å². The summed E-state index contributed by atoms with van der Waals surface area (Å²) in [6.45, 7) is 1.59. The lowest BCUT2D eigenvalue weighted by molar-refractivity contribution is -0.146. The van der Waals surface area contributed by atoms with Gasteiger partial charge in [0.25, 0.3) is 0 Å². The predicted octanol–water partition coefficient (Wildman–Crippen LogP) is -0.466. The summed E-state index contributed by atoms with van der Waals surface area (Å²) in [5.74, 6) is -2.63. The number of methoxy groups -OCH3 is 1. The van der Waals surface area contributed by atoms with Crippen LogP contribution in [0.25, 0.3) is 0 Å². The summed E-state index contributed by atoms with van der Waals surface area (Å²) < 4.78 is 4.84. The van der Waals surface area contributed by atoms with E-state index in [0.29, 0.717) is 6.42 Å². The maximum absolute atomic E-state index is 13.3. The van der Waals surface area contributed by atoms with Crippen LogP contribution in [0.2, 0.25) is 0 Å². The number of benzene rings is 2. The smallest absolute Gasteiger partial charge is 0.328 e. The zero-order valence-corrected chi connectivity index (χ0v) is 22.7.